The number of hydrogen-bond acceptors (Lipinski definition) is 5. The van der Waals surface area contributed by atoms with E-state index in [4.69, 9.17) is 4.74 Å². The first-order chi connectivity index (χ1) is 16.3. The molecule has 0 N–H and O–H groups in total. The van der Waals surface area contributed by atoms with E-state index in [0.29, 0.717) is 19.4 Å². The average molecular weight is 472 g/mol. The Hall–Kier alpha value is -3.56. The van der Waals surface area contributed by atoms with Gasteiger partial charge in [0.15, 0.2) is 5.82 Å². The number of carbonyl (C=O) groups excluding carboxylic acids is 1. The minimum atomic E-state index is -4.48. The van der Waals surface area contributed by atoms with Crippen molar-refractivity contribution in [3.63, 3.8) is 0 Å². The van der Waals surface area contributed by atoms with Gasteiger partial charge in [-0.15, -0.1) is 0 Å². The van der Waals surface area contributed by atoms with Crippen LogP contribution in [0, 0.1) is 11.7 Å². The lowest BCUT2D eigenvalue weighted by Crippen LogP contribution is -2.59. The summed E-state index contributed by atoms with van der Waals surface area (Å²) in [4.78, 5) is 27.4. The van der Waals surface area contributed by atoms with Crippen LogP contribution in [0.4, 0.5) is 17.6 Å². The smallest absolute Gasteiger partial charge is 0.417 e. The summed E-state index contributed by atoms with van der Waals surface area (Å²) in [5, 5.41) is 0. The number of amides is 1. The summed E-state index contributed by atoms with van der Waals surface area (Å²) in [5.41, 5.74) is -0.462. The van der Waals surface area contributed by atoms with Gasteiger partial charge < -0.3 is 9.64 Å². The molecule has 6 rings (SSSR count). The Balaban J connectivity index is 1.40. The maximum atomic E-state index is 14.4. The van der Waals surface area contributed by atoms with Crippen LogP contribution in [0.2, 0.25) is 0 Å². The molecule has 2 bridgehead atoms. The standard InChI is InChI=1S/C24H20F4N4O2/c25-17-4-2-10-30-22(17)21-16(3-1-9-29-21)23(33)32-13-14-5-7-18(32)19(11-14)34-20-8-6-15(12-31-20)24(26,27)28/h1-4,6,8-10,12,14,18-19H,5,7,11,13H2/t14-,18-,19+/m0/s1. The van der Waals surface area contributed by atoms with Crippen LogP contribution in [0.25, 0.3) is 11.4 Å². The van der Waals surface area contributed by atoms with Gasteiger partial charge in [-0.1, -0.05) is 0 Å². The number of rotatable bonds is 4. The molecule has 3 aliphatic rings. The molecular formula is C24H20F4N4O2. The van der Waals surface area contributed by atoms with Crippen molar-refractivity contribution in [3.8, 4) is 17.3 Å². The summed E-state index contributed by atoms with van der Waals surface area (Å²) in [5.74, 6) is -0.628. The van der Waals surface area contributed by atoms with E-state index in [1.54, 1.807) is 17.0 Å². The van der Waals surface area contributed by atoms with Crippen LogP contribution in [0.3, 0.4) is 0 Å². The molecule has 2 aliphatic heterocycles. The molecule has 3 fully saturated rings. The zero-order valence-corrected chi connectivity index (χ0v) is 17.9. The fourth-order valence-electron chi connectivity index (χ4n) is 4.75. The van der Waals surface area contributed by atoms with E-state index in [-0.39, 0.29) is 40.7 Å². The van der Waals surface area contributed by atoms with E-state index < -0.39 is 23.7 Å². The van der Waals surface area contributed by atoms with Gasteiger partial charge in [-0.25, -0.2) is 9.37 Å². The molecule has 6 nitrogen and oxygen atoms in total. The fourth-order valence-corrected chi connectivity index (χ4v) is 4.75. The molecule has 0 spiro atoms. The second kappa shape index (κ2) is 8.66. The Morgan fingerprint density at radius 1 is 1.00 bits per heavy atom. The van der Waals surface area contributed by atoms with Gasteiger partial charge in [0.2, 0.25) is 5.88 Å². The molecule has 34 heavy (non-hydrogen) atoms. The summed E-state index contributed by atoms with van der Waals surface area (Å²) in [6.45, 7) is 0.517. The number of piperidine rings is 2. The molecule has 0 unspecified atom stereocenters. The number of pyridine rings is 3. The first-order valence-corrected chi connectivity index (χ1v) is 10.9. The van der Waals surface area contributed by atoms with Crippen LogP contribution in [0.15, 0.2) is 55.0 Å². The van der Waals surface area contributed by atoms with Crippen LogP contribution in [0.1, 0.15) is 35.2 Å². The molecule has 0 radical (unpaired) electrons. The lowest BCUT2D eigenvalue weighted by Gasteiger charge is -2.49. The number of halogens is 4. The van der Waals surface area contributed by atoms with Gasteiger partial charge in [-0.2, -0.15) is 13.2 Å². The van der Waals surface area contributed by atoms with E-state index in [2.05, 4.69) is 15.0 Å². The van der Waals surface area contributed by atoms with Gasteiger partial charge in [-0.3, -0.25) is 14.8 Å². The second-order valence-electron chi connectivity index (χ2n) is 8.48. The maximum Gasteiger partial charge on any atom is 0.417 e. The Kier molecular flexibility index (Phi) is 5.66. The largest absolute Gasteiger partial charge is 0.472 e. The number of hydrogen-bond donors (Lipinski definition) is 0. The molecule has 2 saturated heterocycles. The third-order valence-electron chi connectivity index (χ3n) is 6.34. The van der Waals surface area contributed by atoms with Crippen molar-refractivity contribution in [1.29, 1.82) is 0 Å². The molecular weight excluding hydrogens is 452 g/mol. The number of aromatic nitrogens is 3. The summed E-state index contributed by atoms with van der Waals surface area (Å²) in [7, 11) is 0. The molecule has 5 heterocycles. The first kappa shape index (κ1) is 22.2. The molecule has 1 saturated carbocycles. The molecule has 1 amide bonds. The first-order valence-electron chi connectivity index (χ1n) is 10.9. The number of ether oxygens (including phenoxy) is 1. The van der Waals surface area contributed by atoms with Crippen molar-refractivity contribution >= 4 is 5.91 Å². The minimum Gasteiger partial charge on any atom is -0.472 e. The molecule has 176 valence electrons. The number of carbonyl (C=O) groups is 1. The maximum absolute atomic E-state index is 14.4. The third-order valence-corrected chi connectivity index (χ3v) is 6.34. The molecule has 3 atom stereocenters. The highest BCUT2D eigenvalue weighted by atomic mass is 19.4. The number of fused-ring (bicyclic) bond motifs is 3. The molecule has 0 aromatic carbocycles. The molecule has 3 aromatic rings. The quantitative estimate of drug-likeness (QED) is 0.512. The summed E-state index contributed by atoms with van der Waals surface area (Å²) in [6, 6.07) is 7.76. The van der Waals surface area contributed by atoms with Crippen LogP contribution in [-0.2, 0) is 6.18 Å². The lowest BCUT2D eigenvalue weighted by atomic mass is 9.77. The number of alkyl halides is 3. The second-order valence-corrected chi connectivity index (χ2v) is 8.48. The van der Waals surface area contributed by atoms with E-state index in [1.807, 2.05) is 0 Å². The monoisotopic (exact) mass is 472 g/mol. The van der Waals surface area contributed by atoms with Crippen molar-refractivity contribution in [1.82, 2.24) is 19.9 Å². The summed E-state index contributed by atoms with van der Waals surface area (Å²) < 4.78 is 58.8. The molecule has 1 aliphatic carbocycles. The Morgan fingerprint density at radius 2 is 1.76 bits per heavy atom. The highest BCUT2D eigenvalue weighted by Crippen LogP contribution is 2.39. The number of nitrogens with zero attached hydrogens (tertiary/aromatic N) is 4. The predicted molar refractivity (Wildman–Crippen MR) is 113 cm³/mol. The van der Waals surface area contributed by atoms with Gasteiger partial charge in [0.25, 0.3) is 5.91 Å². The van der Waals surface area contributed by atoms with E-state index in [1.165, 1.54) is 30.6 Å². The molecule has 3 aromatic heterocycles. The van der Waals surface area contributed by atoms with Crippen LogP contribution in [-0.4, -0.2) is 44.4 Å². The Morgan fingerprint density at radius 3 is 2.44 bits per heavy atom. The minimum absolute atomic E-state index is 0.00428. The van der Waals surface area contributed by atoms with Gasteiger partial charge >= 0.3 is 6.18 Å². The average Bonchev–Trinajstić information content (AvgIpc) is 2.84. The van der Waals surface area contributed by atoms with Gasteiger partial charge in [0, 0.05) is 31.2 Å². The van der Waals surface area contributed by atoms with Gasteiger partial charge in [0.05, 0.1) is 17.2 Å². The van der Waals surface area contributed by atoms with E-state index in [9.17, 15) is 22.4 Å². The zero-order chi connectivity index (χ0) is 23.9. The van der Waals surface area contributed by atoms with Crippen LogP contribution in [0.5, 0.6) is 5.88 Å². The molecule has 10 heteroatoms. The van der Waals surface area contributed by atoms with Gasteiger partial charge in [-0.05, 0) is 55.5 Å². The van der Waals surface area contributed by atoms with Crippen LogP contribution < -0.4 is 4.74 Å². The third kappa shape index (κ3) is 4.20. The summed E-state index contributed by atoms with van der Waals surface area (Å²) in [6.07, 6.45) is 1.04. The van der Waals surface area contributed by atoms with E-state index in [0.717, 1.165) is 18.7 Å². The Labute approximate surface area is 192 Å². The topological polar surface area (TPSA) is 68.2 Å². The highest BCUT2D eigenvalue weighted by molar-refractivity contribution is 5.99. The van der Waals surface area contributed by atoms with Gasteiger partial charge in [0.1, 0.15) is 17.5 Å². The van der Waals surface area contributed by atoms with Crippen molar-refractivity contribution < 1.29 is 27.1 Å². The summed E-state index contributed by atoms with van der Waals surface area (Å²) >= 11 is 0. The lowest BCUT2D eigenvalue weighted by molar-refractivity contribution is -0.137. The highest BCUT2D eigenvalue weighted by Gasteiger charge is 2.45. The van der Waals surface area contributed by atoms with E-state index >= 15 is 0 Å². The normalized spacial score (nSPS) is 22.0. The van der Waals surface area contributed by atoms with Crippen molar-refractivity contribution in [3.05, 3.63) is 71.9 Å². The fraction of sp³-hybridized carbons (Fsp3) is 0.333. The SMILES string of the molecule is O=C(c1cccnc1-c1ncccc1F)N1C[C@H]2CC[C@H]1[C@H](Oc1ccc(C(F)(F)F)cn1)C2. The zero-order valence-electron chi connectivity index (χ0n) is 17.9. The van der Waals surface area contributed by atoms with Crippen molar-refractivity contribution in [2.45, 2.75) is 37.6 Å². The Bertz CT molecular complexity index is 1200. The van der Waals surface area contributed by atoms with Crippen molar-refractivity contribution in [2.75, 3.05) is 6.54 Å². The van der Waals surface area contributed by atoms with Crippen LogP contribution >= 0.6 is 0 Å². The predicted octanol–water partition coefficient (Wildman–Crippen LogP) is 4.77. The van der Waals surface area contributed by atoms with Crippen molar-refractivity contribution in [2.24, 2.45) is 5.92 Å².